The Kier molecular flexibility index (Phi) is 3.36. The zero-order chi connectivity index (χ0) is 16.6. The van der Waals surface area contributed by atoms with Gasteiger partial charge in [-0.25, -0.2) is 0 Å². The maximum Gasteiger partial charge on any atom is 0.0716 e. The summed E-state index contributed by atoms with van der Waals surface area (Å²) in [6.07, 6.45) is 2.01. The highest BCUT2D eigenvalue weighted by molar-refractivity contribution is 7.25. The van der Waals surface area contributed by atoms with Crippen LogP contribution in [0.3, 0.4) is 0 Å². The molecule has 1 nitrogen and oxygen atoms in total. The lowest BCUT2D eigenvalue weighted by Gasteiger charge is -2.05. The summed E-state index contributed by atoms with van der Waals surface area (Å²) in [6, 6.07) is 29.8. The van der Waals surface area contributed by atoms with Crippen LogP contribution >= 0.6 is 11.3 Å². The molecule has 0 saturated heterocycles. The minimum atomic E-state index is 1.02. The van der Waals surface area contributed by atoms with Crippen molar-refractivity contribution in [1.82, 2.24) is 4.98 Å². The Hall–Kier alpha value is -2.97. The largest absolute Gasteiger partial charge is 0.256 e. The molecule has 2 heterocycles. The van der Waals surface area contributed by atoms with Gasteiger partial charge in [-0.1, -0.05) is 66.7 Å². The first-order valence-corrected chi connectivity index (χ1v) is 9.13. The first-order chi connectivity index (χ1) is 12.4. The number of rotatable bonds is 2. The second-order valence-electron chi connectivity index (χ2n) is 6.11. The molecule has 0 unspecified atom stereocenters. The van der Waals surface area contributed by atoms with Crippen LogP contribution in [0.15, 0.2) is 91.1 Å². The fourth-order valence-corrected chi connectivity index (χ4v) is 4.38. The van der Waals surface area contributed by atoms with Crippen LogP contribution in [0.1, 0.15) is 0 Å². The molecular weight excluding hydrogens is 322 g/mol. The number of pyridine rings is 1. The van der Waals surface area contributed by atoms with Crippen molar-refractivity contribution in [2.75, 3.05) is 0 Å². The fraction of sp³-hybridized carbons (Fsp3) is 0. The van der Waals surface area contributed by atoms with Crippen LogP contribution in [-0.4, -0.2) is 4.98 Å². The number of aromatic nitrogens is 1. The minimum absolute atomic E-state index is 1.02. The van der Waals surface area contributed by atoms with E-state index in [0.29, 0.717) is 0 Å². The average molecular weight is 337 g/mol. The number of fused-ring (bicyclic) bond motifs is 3. The molecule has 0 aliphatic heterocycles. The topological polar surface area (TPSA) is 12.9 Å². The average Bonchev–Trinajstić information content (AvgIpc) is 3.06. The fourth-order valence-electron chi connectivity index (χ4n) is 3.27. The van der Waals surface area contributed by atoms with Crippen LogP contribution in [0.5, 0.6) is 0 Å². The molecule has 0 saturated carbocycles. The van der Waals surface area contributed by atoms with Crippen LogP contribution in [0, 0.1) is 0 Å². The molecule has 0 N–H and O–H groups in total. The molecule has 5 aromatic rings. The summed E-state index contributed by atoms with van der Waals surface area (Å²) in [5.41, 5.74) is 4.63. The third-order valence-electron chi connectivity index (χ3n) is 4.53. The second-order valence-corrected chi connectivity index (χ2v) is 7.19. The Morgan fingerprint density at radius 1 is 0.560 bits per heavy atom. The van der Waals surface area contributed by atoms with Crippen molar-refractivity contribution in [2.24, 2.45) is 0 Å². The van der Waals surface area contributed by atoms with Crippen LogP contribution in [0.2, 0.25) is 0 Å². The highest BCUT2D eigenvalue weighted by Gasteiger charge is 2.08. The van der Waals surface area contributed by atoms with Gasteiger partial charge >= 0.3 is 0 Å². The van der Waals surface area contributed by atoms with Crippen LogP contribution in [0.25, 0.3) is 42.6 Å². The summed E-state index contributed by atoms with van der Waals surface area (Å²) < 4.78 is 2.60. The van der Waals surface area contributed by atoms with Gasteiger partial charge in [-0.2, -0.15) is 0 Å². The molecule has 2 aromatic heterocycles. The number of thiophene rings is 1. The number of hydrogen-bond acceptors (Lipinski definition) is 2. The highest BCUT2D eigenvalue weighted by atomic mass is 32.1. The maximum absolute atomic E-state index is 4.74. The number of benzene rings is 3. The molecule has 0 fully saturated rings. The zero-order valence-electron chi connectivity index (χ0n) is 13.5. The second kappa shape index (κ2) is 5.83. The first-order valence-electron chi connectivity index (χ1n) is 8.32. The maximum atomic E-state index is 4.74. The van der Waals surface area contributed by atoms with Gasteiger partial charge in [0.1, 0.15) is 0 Å². The minimum Gasteiger partial charge on any atom is -0.256 e. The van der Waals surface area contributed by atoms with E-state index in [2.05, 4.69) is 78.9 Å². The molecule has 118 valence electrons. The summed E-state index contributed by atoms with van der Waals surface area (Å²) in [5.74, 6) is 0. The van der Waals surface area contributed by atoms with Crippen LogP contribution in [-0.2, 0) is 0 Å². The molecule has 0 atom stereocenters. The van der Waals surface area contributed by atoms with Gasteiger partial charge in [-0.05, 0) is 29.3 Å². The monoisotopic (exact) mass is 337 g/mol. The predicted octanol–water partition coefficient (Wildman–Crippen LogP) is 6.78. The third kappa shape index (κ3) is 2.51. The Morgan fingerprint density at radius 2 is 1.32 bits per heavy atom. The first kappa shape index (κ1) is 14.4. The quantitative estimate of drug-likeness (QED) is 0.346. The molecule has 0 spiro atoms. The van der Waals surface area contributed by atoms with E-state index in [1.807, 2.05) is 23.6 Å². The van der Waals surface area contributed by atoms with E-state index in [9.17, 15) is 0 Å². The van der Waals surface area contributed by atoms with E-state index >= 15 is 0 Å². The van der Waals surface area contributed by atoms with Crippen molar-refractivity contribution in [3.8, 4) is 22.4 Å². The van der Waals surface area contributed by atoms with E-state index in [4.69, 9.17) is 4.98 Å². The van der Waals surface area contributed by atoms with Gasteiger partial charge in [0, 0.05) is 31.9 Å². The third-order valence-corrected chi connectivity index (χ3v) is 5.66. The van der Waals surface area contributed by atoms with E-state index in [-0.39, 0.29) is 0 Å². The Labute approximate surface area is 150 Å². The van der Waals surface area contributed by atoms with E-state index in [1.54, 1.807) is 0 Å². The molecule has 5 rings (SSSR count). The lowest BCUT2D eigenvalue weighted by atomic mass is 10.0. The van der Waals surface area contributed by atoms with Gasteiger partial charge in [0.2, 0.25) is 0 Å². The number of hydrogen-bond donors (Lipinski definition) is 0. The smallest absolute Gasteiger partial charge is 0.0716 e. The summed E-state index contributed by atoms with van der Waals surface area (Å²) in [6.45, 7) is 0. The predicted molar refractivity (Wildman–Crippen MR) is 108 cm³/mol. The van der Waals surface area contributed by atoms with E-state index in [0.717, 1.165) is 11.3 Å². The summed E-state index contributed by atoms with van der Waals surface area (Å²) >= 11 is 1.83. The lowest BCUT2D eigenvalue weighted by molar-refractivity contribution is 1.36. The Bertz CT molecular complexity index is 1190. The molecule has 2 heteroatoms. The molecule has 0 radical (unpaired) electrons. The summed E-state index contributed by atoms with van der Waals surface area (Å²) in [7, 11) is 0. The van der Waals surface area contributed by atoms with Gasteiger partial charge in [-0.15, -0.1) is 11.3 Å². The van der Waals surface area contributed by atoms with Crippen LogP contribution in [0.4, 0.5) is 0 Å². The van der Waals surface area contributed by atoms with Gasteiger partial charge in [0.25, 0.3) is 0 Å². The Balaban J connectivity index is 1.64. The van der Waals surface area contributed by atoms with Crippen molar-refractivity contribution >= 4 is 31.5 Å². The molecule has 3 aromatic carbocycles. The summed E-state index contributed by atoms with van der Waals surface area (Å²) in [5, 5.41) is 2.53. The highest BCUT2D eigenvalue weighted by Crippen LogP contribution is 2.35. The van der Waals surface area contributed by atoms with Crippen LogP contribution < -0.4 is 0 Å². The molecule has 0 aliphatic rings. The van der Waals surface area contributed by atoms with Gasteiger partial charge in [0.05, 0.1) is 5.69 Å². The van der Waals surface area contributed by atoms with Crippen molar-refractivity contribution in [3.05, 3.63) is 91.1 Å². The zero-order valence-corrected chi connectivity index (χ0v) is 14.3. The van der Waals surface area contributed by atoms with E-state index < -0.39 is 0 Å². The van der Waals surface area contributed by atoms with Gasteiger partial charge < -0.3 is 0 Å². The Morgan fingerprint density at radius 3 is 2.24 bits per heavy atom. The molecular formula is C23H15NS. The molecule has 0 bridgehead atoms. The molecule has 25 heavy (non-hydrogen) atoms. The lowest BCUT2D eigenvalue weighted by Crippen LogP contribution is -1.84. The normalized spacial score (nSPS) is 11.2. The van der Waals surface area contributed by atoms with Crippen molar-refractivity contribution in [3.63, 3.8) is 0 Å². The standard InChI is InChI=1S/C23H15NS/c1-2-7-16(8-3-1)17-9-6-10-18(13-17)21-14-23-20(15-24-21)19-11-4-5-12-22(19)25-23/h1-15H. The van der Waals surface area contributed by atoms with Crippen molar-refractivity contribution < 1.29 is 0 Å². The van der Waals surface area contributed by atoms with E-state index in [1.165, 1.54) is 31.3 Å². The van der Waals surface area contributed by atoms with Gasteiger partial charge in [0.15, 0.2) is 0 Å². The number of nitrogens with zero attached hydrogens (tertiary/aromatic N) is 1. The van der Waals surface area contributed by atoms with Crippen molar-refractivity contribution in [2.45, 2.75) is 0 Å². The van der Waals surface area contributed by atoms with Gasteiger partial charge in [-0.3, -0.25) is 4.98 Å². The molecule has 0 aliphatic carbocycles. The molecule has 0 amide bonds. The summed E-state index contributed by atoms with van der Waals surface area (Å²) in [4.78, 5) is 4.74. The SMILES string of the molecule is c1ccc(-c2cccc(-c3cc4sc5ccccc5c4cn3)c2)cc1. The van der Waals surface area contributed by atoms with Crippen molar-refractivity contribution in [1.29, 1.82) is 0 Å².